The molecule has 1 N–H and O–H groups in total. The summed E-state index contributed by atoms with van der Waals surface area (Å²) >= 11 is 0. The molecule has 0 saturated carbocycles. The van der Waals surface area contributed by atoms with Crippen molar-refractivity contribution in [1.29, 1.82) is 0 Å². The van der Waals surface area contributed by atoms with Crippen LogP contribution in [0.3, 0.4) is 0 Å². The van der Waals surface area contributed by atoms with Crippen LogP contribution in [0.1, 0.15) is 5.56 Å². The van der Waals surface area contributed by atoms with E-state index >= 15 is 0 Å². The number of nitrogens with zero attached hydrogens (tertiary/aromatic N) is 3. The molecule has 0 spiro atoms. The van der Waals surface area contributed by atoms with E-state index in [4.69, 9.17) is 9.47 Å². The predicted octanol–water partition coefficient (Wildman–Crippen LogP) is 2.20. The SMILES string of the molecule is COc1ncnc(Oc2cccc(O)c2C)c1[N+](=O)[O-]. The first-order valence-electron chi connectivity index (χ1n) is 5.54. The number of benzene rings is 1. The lowest BCUT2D eigenvalue weighted by Crippen LogP contribution is -2.01. The minimum Gasteiger partial charge on any atom is -0.508 e. The highest BCUT2D eigenvalue weighted by atomic mass is 16.6. The lowest BCUT2D eigenvalue weighted by molar-refractivity contribution is -0.387. The molecular formula is C12H11N3O5. The van der Waals surface area contributed by atoms with Crippen molar-refractivity contribution < 1.29 is 19.5 Å². The van der Waals surface area contributed by atoms with Crippen molar-refractivity contribution in [1.82, 2.24) is 9.97 Å². The molecule has 8 nitrogen and oxygen atoms in total. The third kappa shape index (κ3) is 2.44. The molecule has 0 fully saturated rings. The van der Waals surface area contributed by atoms with Gasteiger partial charge < -0.3 is 14.6 Å². The van der Waals surface area contributed by atoms with Gasteiger partial charge in [-0.25, -0.2) is 0 Å². The molecule has 1 aromatic heterocycles. The summed E-state index contributed by atoms with van der Waals surface area (Å²) in [4.78, 5) is 17.8. The van der Waals surface area contributed by atoms with E-state index in [1.54, 1.807) is 19.1 Å². The molecule has 0 aliphatic heterocycles. The standard InChI is InChI=1S/C12H11N3O5/c1-7-8(16)4-3-5-9(7)20-12-10(15(17)18)11(19-2)13-6-14-12/h3-6,16H,1-2H3. The maximum atomic E-state index is 11.1. The maximum absolute atomic E-state index is 11.1. The third-order valence-corrected chi connectivity index (χ3v) is 2.59. The number of aromatic hydroxyl groups is 1. The van der Waals surface area contributed by atoms with Gasteiger partial charge >= 0.3 is 17.4 Å². The number of rotatable bonds is 4. The zero-order valence-corrected chi connectivity index (χ0v) is 10.7. The first-order chi connectivity index (χ1) is 9.54. The van der Waals surface area contributed by atoms with Gasteiger partial charge in [-0.3, -0.25) is 10.1 Å². The summed E-state index contributed by atoms with van der Waals surface area (Å²) < 4.78 is 10.2. The molecule has 8 heteroatoms. The molecule has 104 valence electrons. The molecule has 1 aromatic carbocycles. The van der Waals surface area contributed by atoms with E-state index in [1.807, 2.05) is 0 Å². The largest absolute Gasteiger partial charge is 0.508 e. The van der Waals surface area contributed by atoms with E-state index in [0.29, 0.717) is 5.56 Å². The van der Waals surface area contributed by atoms with E-state index in [1.165, 1.54) is 13.2 Å². The first kappa shape index (κ1) is 13.5. The number of methoxy groups -OCH3 is 1. The minimum absolute atomic E-state index is 0.0196. The zero-order valence-electron chi connectivity index (χ0n) is 10.7. The van der Waals surface area contributed by atoms with Crippen molar-refractivity contribution in [2.45, 2.75) is 6.92 Å². The first-order valence-corrected chi connectivity index (χ1v) is 5.54. The summed E-state index contributed by atoms with van der Waals surface area (Å²) in [6, 6.07) is 4.60. The van der Waals surface area contributed by atoms with Crippen LogP contribution in [0, 0.1) is 17.0 Å². The number of nitro groups is 1. The fraction of sp³-hybridized carbons (Fsp3) is 0.167. The van der Waals surface area contributed by atoms with Gasteiger partial charge in [-0.05, 0) is 19.1 Å². The van der Waals surface area contributed by atoms with Crippen LogP contribution in [-0.4, -0.2) is 27.1 Å². The van der Waals surface area contributed by atoms with E-state index < -0.39 is 10.6 Å². The quantitative estimate of drug-likeness (QED) is 0.674. The molecule has 0 amide bonds. The predicted molar refractivity (Wildman–Crippen MR) is 68.2 cm³/mol. The molecular weight excluding hydrogens is 266 g/mol. The van der Waals surface area contributed by atoms with Crippen LogP contribution < -0.4 is 9.47 Å². The highest BCUT2D eigenvalue weighted by Gasteiger charge is 2.26. The molecule has 0 saturated heterocycles. The fourth-order valence-corrected chi connectivity index (χ4v) is 1.55. The normalized spacial score (nSPS) is 10.1. The Hall–Kier alpha value is -2.90. The van der Waals surface area contributed by atoms with Crippen LogP contribution >= 0.6 is 0 Å². The van der Waals surface area contributed by atoms with Crippen molar-refractivity contribution in [2.24, 2.45) is 0 Å². The third-order valence-electron chi connectivity index (χ3n) is 2.59. The number of phenolic OH excluding ortho intramolecular Hbond substituents is 1. The number of ether oxygens (including phenoxy) is 2. The topological polar surface area (TPSA) is 108 Å². The average Bonchev–Trinajstić information content (AvgIpc) is 2.43. The smallest absolute Gasteiger partial charge is 0.392 e. The molecule has 1 heterocycles. The summed E-state index contributed by atoms with van der Waals surface area (Å²) in [5.74, 6) is -0.173. The van der Waals surface area contributed by atoms with Crippen molar-refractivity contribution in [3.8, 4) is 23.3 Å². The lowest BCUT2D eigenvalue weighted by Gasteiger charge is -2.09. The van der Waals surface area contributed by atoms with Gasteiger partial charge in [-0.15, -0.1) is 0 Å². The Morgan fingerprint density at radius 2 is 2.00 bits per heavy atom. The Kier molecular flexibility index (Phi) is 3.65. The maximum Gasteiger partial charge on any atom is 0.392 e. The van der Waals surface area contributed by atoms with E-state index in [-0.39, 0.29) is 23.3 Å². The molecule has 20 heavy (non-hydrogen) atoms. The van der Waals surface area contributed by atoms with Crippen molar-refractivity contribution in [3.05, 3.63) is 40.2 Å². The Morgan fingerprint density at radius 1 is 1.30 bits per heavy atom. The molecule has 2 aromatic rings. The fourth-order valence-electron chi connectivity index (χ4n) is 1.55. The zero-order chi connectivity index (χ0) is 14.7. The van der Waals surface area contributed by atoms with E-state index in [0.717, 1.165) is 6.33 Å². The van der Waals surface area contributed by atoms with Gasteiger partial charge in [-0.2, -0.15) is 9.97 Å². The van der Waals surface area contributed by atoms with Crippen molar-refractivity contribution >= 4 is 5.69 Å². The summed E-state index contributed by atoms with van der Waals surface area (Å²) in [5, 5.41) is 20.6. The Bertz CT molecular complexity index is 660. The van der Waals surface area contributed by atoms with Gasteiger partial charge in [-0.1, -0.05) is 6.07 Å². The Morgan fingerprint density at radius 3 is 2.65 bits per heavy atom. The molecule has 0 atom stereocenters. The van der Waals surface area contributed by atoms with Crippen LogP contribution in [0.25, 0.3) is 0 Å². The second-order valence-corrected chi connectivity index (χ2v) is 3.80. The van der Waals surface area contributed by atoms with Crippen LogP contribution in [0.2, 0.25) is 0 Å². The highest BCUT2D eigenvalue weighted by molar-refractivity contribution is 5.52. The number of phenols is 1. The van der Waals surface area contributed by atoms with Crippen LogP contribution in [-0.2, 0) is 0 Å². The summed E-state index contributed by atoms with van der Waals surface area (Å²) in [6.07, 6.45) is 1.10. The van der Waals surface area contributed by atoms with Crippen LogP contribution in [0.15, 0.2) is 24.5 Å². The number of hydrogen-bond donors (Lipinski definition) is 1. The van der Waals surface area contributed by atoms with Gasteiger partial charge in [0.05, 0.1) is 12.0 Å². The molecule has 0 unspecified atom stereocenters. The van der Waals surface area contributed by atoms with E-state index in [9.17, 15) is 15.2 Å². The number of hydrogen-bond acceptors (Lipinski definition) is 7. The van der Waals surface area contributed by atoms with Crippen LogP contribution in [0.5, 0.6) is 23.3 Å². The van der Waals surface area contributed by atoms with Gasteiger partial charge in [0.2, 0.25) is 0 Å². The summed E-state index contributed by atoms with van der Waals surface area (Å²) in [7, 11) is 1.26. The second-order valence-electron chi connectivity index (χ2n) is 3.80. The van der Waals surface area contributed by atoms with Gasteiger partial charge in [0.15, 0.2) is 0 Å². The van der Waals surface area contributed by atoms with Crippen molar-refractivity contribution in [3.63, 3.8) is 0 Å². The molecule has 2 rings (SSSR count). The Balaban J connectivity index is 2.48. The van der Waals surface area contributed by atoms with Gasteiger partial charge in [0, 0.05) is 5.56 Å². The van der Waals surface area contributed by atoms with Crippen molar-refractivity contribution in [2.75, 3.05) is 7.11 Å². The average molecular weight is 277 g/mol. The van der Waals surface area contributed by atoms with E-state index in [2.05, 4.69) is 9.97 Å². The number of aromatic nitrogens is 2. The van der Waals surface area contributed by atoms with Crippen LogP contribution in [0.4, 0.5) is 5.69 Å². The summed E-state index contributed by atoms with van der Waals surface area (Å²) in [5.41, 5.74) is -0.0304. The summed E-state index contributed by atoms with van der Waals surface area (Å²) in [6.45, 7) is 1.62. The molecule has 0 aliphatic carbocycles. The van der Waals surface area contributed by atoms with Gasteiger partial charge in [0.25, 0.3) is 0 Å². The molecule has 0 bridgehead atoms. The Labute approximate surface area is 113 Å². The lowest BCUT2D eigenvalue weighted by atomic mass is 10.2. The minimum atomic E-state index is -0.688. The molecule has 0 radical (unpaired) electrons. The molecule has 0 aliphatic rings. The van der Waals surface area contributed by atoms with Gasteiger partial charge in [0.1, 0.15) is 17.8 Å². The highest BCUT2D eigenvalue weighted by Crippen LogP contribution is 2.37. The second kappa shape index (κ2) is 5.39. The monoisotopic (exact) mass is 277 g/mol.